The van der Waals surface area contributed by atoms with E-state index in [1.165, 1.54) is 23.8 Å². The Balaban J connectivity index is 2.07. The summed E-state index contributed by atoms with van der Waals surface area (Å²) in [6.07, 6.45) is 0.623. The van der Waals surface area contributed by atoms with Crippen molar-refractivity contribution in [3.05, 3.63) is 52.5 Å². The molecule has 3 rings (SSSR count). The van der Waals surface area contributed by atoms with E-state index in [1.807, 2.05) is 6.92 Å². The maximum absolute atomic E-state index is 14.0. The largest absolute Gasteiger partial charge is 0.448 e. The van der Waals surface area contributed by atoms with Crippen LogP contribution in [0.15, 0.2) is 35.3 Å². The molecule has 1 aromatic carbocycles. The monoisotopic (exact) mass is 420 g/mol. The third-order valence-electron chi connectivity index (χ3n) is 4.15. The number of methoxy groups -OCH3 is 1. The molecule has 160 valence electrons. The maximum atomic E-state index is 14.0. The second-order valence-corrected chi connectivity index (χ2v) is 6.92. The van der Waals surface area contributed by atoms with Gasteiger partial charge in [0.2, 0.25) is 5.95 Å². The van der Waals surface area contributed by atoms with Gasteiger partial charge in [-0.2, -0.15) is 4.98 Å². The average Bonchev–Trinajstić information content (AvgIpc) is 2.67. The zero-order valence-electron chi connectivity index (χ0n) is 16.7. The van der Waals surface area contributed by atoms with Crippen LogP contribution in [0.5, 0.6) is 11.5 Å². The quantitative estimate of drug-likeness (QED) is 0.578. The van der Waals surface area contributed by atoms with Crippen LogP contribution in [0.4, 0.5) is 14.7 Å². The van der Waals surface area contributed by atoms with Gasteiger partial charge in [-0.3, -0.25) is 9.36 Å². The highest BCUT2D eigenvalue weighted by Crippen LogP contribution is 2.25. The minimum Gasteiger partial charge on any atom is -0.448 e. The van der Waals surface area contributed by atoms with Crippen LogP contribution < -0.4 is 15.6 Å². The summed E-state index contributed by atoms with van der Waals surface area (Å²) in [5.41, 5.74) is -0.350. The lowest BCUT2D eigenvalue weighted by Gasteiger charge is -2.16. The number of pyridine rings is 1. The Morgan fingerprint density at radius 2 is 2.00 bits per heavy atom. The molecule has 0 spiro atoms. The molecule has 0 aliphatic heterocycles. The molecule has 3 aromatic rings. The first kappa shape index (κ1) is 21.6. The Morgan fingerprint density at radius 1 is 1.23 bits per heavy atom. The van der Waals surface area contributed by atoms with Gasteiger partial charge in [-0.25, -0.2) is 13.8 Å². The van der Waals surface area contributed by atoms with Crippen molar-refractivity contribution in [1.29, 1.82) is 0 Å². The van der Waals surface area contributed by atoms with Gasteiger partial charge < -0.3 is 19.9 Å². The van der Waals surface area contributed by atoms with Crippen LogP contribution in [0.1, 0.15) is 13.8 Å². The number of nitrogens with zero attached hydrogens (tertiary/aromatic N) is 3. The fraction of sp³-hybridized carbons (Fsp3) is 0.350. The Hall–Kier alpha value is -3.11. The molecule has 8 nitrogen and oxygen atoms in total. The number of aliphatic hydroxyl groups is 1. The molecule has 0 aliphatic carbocycles. The number of ether oxygens (including phenoxy) is 2. The number of halogens is 2. The van der Waals surface area contributed by atoms with Crippen LogP contribution >= 0.6 is 0 Å². The van der Waals surface area contributed by atoms with E-state index < -0.39 is 23.3 Å². The molecule has 0 amide bonds. The first-order chi connectivity index (χ1) is 14.3. The summed E-state index contributed by atoms with van der Waals surface area (Å²) in [5, 5.41) is 13.4. The Labute approximate surface area is 171 Å². The van der Waals surface area contributed by atoms with Gasteiger partial charge in [-0.15, -0.1) is 0 Å². The summed E-state index contributed by atoms with van der Waals surface area (Å²) < 4.78 is 38.8. The molecule has 2 aromatic heterocycles. The van der Waals surface area contributed by atoms with E-state index in [2.05, 4.69) is 15.3 Å². The molecule has 0 saturated heterocycles. The number of anilines is 1. The number of fused-ring (bicyclic) bond motifs is 1. The zero-order chi connectivity index (χ0) is 21.8. The number of aromatic nitrogens is 3. The minimum atomic E-state index is -0.945. The second kappa shape index (κ2) is 9.14. The van der Waals surface area contributed by atoms with Crippen molar-refractivity contribution in [3.63, 3.8) is 0 Å². The van der Waals surface area contributed by atoms with Crippen LogP contribution in [0.3, 0.4) is 0 Å². The highest BCUT2D eigenvalue weighted by molar-refractivity contribution is 5.77. The van der Waals surface area contributed by atoms with Crippen molar-refractivity contribution in [2.45, 2.75) is 32.5 Å². The van der Waals surface area contributed by atoms with E-state index in [1.54, 1.807) is 7.11 Å². The molecule has 0 unspecified atom stereocenters. The molecule has 0 aliphatic rings. The van der Waals surface area contributed by atoms with E-state index in [-0.39, 0.29) is 35.7 Å². The lowest BCUT2D eigenvalue weighted by Crippen LogP contribution is -2.28. The van der Waals surface area contributed by atoms with Crippen LogP contribution in [0, 0.1) is 11.6 Å². The smallest absolute Gasteiger partial charge is 0.295 e. The Kier molecular flexibility index (Phi) is 6.58. The van der Waals surface area contributed by atoms with E-state index in [0.29, 0.717) is 18.1 Å². The van der Waals surface area contributed by atoms with Crippen molar-refractivity contribution in [1.82, 2.24) is 14.5 Å². The molecule has 2 N–H and O–H groups in total. The fourth-order valence-corrected chi connectivity index (χ4v) is 2.90. The number of rotatable bonds is 8. The predicted molar refractivity (Wildman–Crippen MR) is 107 cm³/mol. The van der Waals surface area contributed by atoms with Crippen LogP contribution in [0.25, 0.3) is 11.0 Å². The van der Waals surface area contributed by atoms with Crippen molar-refractivity contribution < 1.29 is 23.4 Å². The first-order valence-corrected chi connectivity index (χ1v) is 9.25. The van der Waals surface area contributed by atoms with Crippen molar-refractivity contribution in [2.24, 2.45) is 0 Å². The lowest BCUT2D eigenvalue weighted by atomic mass is 10.2. The van der Waals surface area contributed by atoms with E-state index in [9.17, 15) is 18.7 Å². The summed E-state index contributed by atoms with van der Waals surface area (Å²) in [4.78, 5) is 21.6. The van der Waals surface area contributed by atoms with Gasteiger partial charge in [0.15, 0.2) is 17.3 Å². The summed E-state index contributed by atoms with van der Waals surface area (Å²) in [6, 6.07) is 4.08. The molecule has 30 heavy (non-hydrogen) atoms. The van der Waals surface area contributed by atoms with E-state index in [0.717, 1.165) is 12.1 Å². The summed E-state index contributed by atoms with van der Waals surface area (Å²) in [5.74, 6) is -1.93. The molecule has 0 radical (unpaired) electrons. The highest BCUT2D eigenvalue weighted by Gasteiger charge is 2.17. The fourth-order valence-electron chi connectivity index (χ4n) is 2.90. The molecule has 0 fully saturated rings. The van der Waals surface area contributed by atoms with Crippen molar-refractivity contribution in [3.8, 4) is 11.5 Å². The van der Waals surface area contributed by atoms with E-state index in [4.69, 9.17) is 9.47 Å². The number of benzene rings is 1. The molecule has 10 heteroatoms. The van der Waals surface area contributed by atoms with Crippen molar-refractivity contribution >= 4 is 17.0 Å². The van der Waals surface area contributed by atoms with Crippen LogP contribution in [-0.4, -0.2) is 45.5 Å². The van der Waals surface area contributed by atoms with E-state index >= 15 is 0 Å². The lowest BCUT2D eigenvalue weighted by molar-refractivity contribution is 0.173. The highest BCUT2D eigenvalue weighted by atomic mass is 19.1. The van der Waals surface area contributed by atoms with Gasteiger partial charge in [0, 0.05) is 30.8 Å². The summed E-state index contributed by atoms with van der Waals surface area (Å²) >= 11 is 0. The third kappa shape index (κ3) is 4.89. The zero-order valence-corrected chi connectivity index (χ0v) is 16.7. The first-order valence-electron chi connectivity index (χ1n) is 9.25. The number of nitrogens with one attached hydrogen (secondary N) is 1. The second-order valence-electron chi connectivity index (χ2n) is 6.92. The minimum absolute atomic E-state index is 0.0670. The number of hydrogen-bond donors (Lipinski definition) is 2. The van der Waals surface area contributed by atoms with Crippen LogP contribution in [-0.2, 0) is 11.3 Å². The molecule has 2 heterocycles. The van der Waals surface area contributed by atoms with Gasteiger partial charge in [-0.05, 0) is 32.0 Å². The SMILES string of the molecule is COC[C@H](C)Nc1ncc2cc(Oc3ccc(F)cc3F)c(=O)n(C[C@H](C)O)c2n1. The molecule has 0 bridgehead atoms. The Morgan fingerprint density at radius 3 is 2.67 bits per heavy atom. The topological polar surface area (TPSA) is 98.5 Å². The van der Waals surface area contributed by atoms with Gasteiger partial charge in [-0.1, -0.05) is 0 Å². The van der Waals surface area contributed by atoms with Gasteiger partial charge in [0.25, 0.3) is 5.56 Å². The normalized spacial score (nSPS) is 13.3. The standard InChI is InChI=1S/C20H22F2N4O4/c1-11(10-29-3)24-20-23-8-13-6-17(30-16-5-4-14(21)7-15(16)22)19(28)26(9-12(2)27)18(13)25-20/h4-8,11-12,27H,9-10H2,1-3H3,(H,23,24,25)/t11-,12-/m0/s1. The number of aliphatic hydroxyl groups excluding tert-OH is 1. The summed E-state index contributed by atoms with van der Waals surface area (Å²) in [7, 11) is 1.57. The molecular weight excluding hydrogens is 398 g/mol. The predicted octanol–water partition coefficient (Wildman–Crippen LogP) is 2.69. The van der Waals surface area contributed by atoms with Gasteiger partial charge in [0.1, 0.15) is 11.5 Å². The number of hydrogen-bond acceptors (Lipinski definition) is 7. The third-order valence-corrected chi connectivity index (χ3v) is 4.15. The Bertz CT molecular complexity index is 1100. The summed E-state index contributed by atoms with van der Waals surface area (Å²) in [6.45, 7) is 3.76. The van der Waals surface area contributed by atoms with Gasteiger partial charge >= 0.3 is 0 Å². The van der Waals surface area contributed by atoms with Crippen molar-refractivity contribution in [2.75, 3.05) is 19.0 Å². The molecule has 0 saturated carbocycles. The van der Waals surface area contributed by atoms with Gasteiger partial charge in [0.05, 0.1) is 19.3 Å². The molecular formula is C20H22F2N4O4. The maximum Gasteiger partial charge on any atom is 0.295 e. The van der Waals surface area contributed by atoms with Crippen LogP contribution in [0.2, 0.25) is 0 Å². The molecule has 2 atom stereocenters. The average molecular weight is 420 g/mol.